The molecule has 1 aromatic heterocycles. The SMILES string of the molecule is O=C(NC[C@]1(O)COCCN(C(=O)C2CCNCC2)C1)c1cnco1. The van der Waals surface area contributed by atoms with Crippen molar-refractivity contribution in [3.05, 3.63) is 18.4 Å². The van der Waals surface area contributed by atoms with Crippen LogP contribution in [0.4, 0.5) is 0 Å². The molecule has 9 nitrogen and oxygen atoms in total. The van der Waals surface area contributed by atoms with Crippen LogP contribution in [0.5, 0.6) is 0 Å². The number of nitrogens with one attached hydrogen (secondary N) is 2. The van der Waals surface area contributed by atoms with E-state index in [1.54, 1.807) is 4.90 Å². The first-order valence-corrected chi connectivity index (χ1v) is 8.54. The number of carbonyl (C=O) groups is 2. The van der Waals surface area contributed by atoms with E-state index in [0.29, 0.717) is 13.2 Å². The predicted molar refractivity (Wildman–Crippen MR) is 86.8 cm³/mol. The van der Waals surface area contributed by atoms with Crippen molar-refractivity contribution < 1.29 is 23.8 Å². The molecule has 2 fully saturated rings. The van der Waals surface area contributed by atoms with Gasteiger partial charge in [0.25, 0.3) is 5.91 Å². The highest BCUT2D eigenvalue weighted by Gasteiger charge is 2.37. The van der Waals surface area contributed by atoms with Crippen LogP contribution in [0.1, 0.15) is 23.4 Å². The minimum Gasteiger partial charge on any atom is -0.438 e. The maximum Gasteiger partial charge on any atom is 0.288 e. The molecule has 3 rings (SSSR count). The van der Waals surface area contributed by atoms with E-state index in [9.17, 15) is 14.7 Å². The molecule has 25 heavy (non-hydrogen) atoms. The summed E-state index contributed by atoms with van der Waals surface area (Å²) < 4.78 is 10.4. The Morgan fingerprint density at radius 2 is 2.24 bits per heavy atom. The molecule has 3 heterocycles. The van der Waals surface area contributed by atoms with Crippen molar-refractivity contribution in [2.75, 3.05) is 45.9 Å². The van der Waals surface area contributed by atoms with Gasteiger partial charge in [0, 0.05) is 12.5 Å². The van der Waals surface area contributed by atoms with Crippen molar-refractivity contribution in [2.24, 2.45) is 5.92 Å². The van der Waals surface area contributed by atoms with Gasteiger partial charge < -0.3 is 29.8 Å². The van der Waals surface area contributed by atoms with Gasteiger partial charge in [-0.15, -0.1) is 0 Å². The van der Waals surface area contributed by atoms with Gasteiger partial charge in [-0.05, 0) is 25.9 Å². The van der Waals surface area contributed by atoms with Gasteiger partial charge in [-0.25, -0.2) is 4.98 Å². The molecule has 1 aromatic rings. The zero-order chi connectivity index (χ0) is 17.7. The zero-order valence-corrected chi connectivity index (χ0v) is 14.1. The molecule has 2 saturated heterocycles. The highest BCUT2D eigenvalue weighted by atomic mass is 16.5. The molecule has 2 amide bonds. The van der Waals surface area contributed by atoms with Gasteiger partial charge >= 0.3 is 0 Å². The van der Waals surface area contributed by atoms with Gasteiger partial charge in [-0.1, -0.05) is 0 Å². The van der Waals surface area contributed by atoms with E-state index in [4.69, 9.17) is 9.15 Å². The summed E-state index contributed by atoms with van der Waals surface area (Å²) >= 11 is 0. The van der Waals surface area contributed by atoms with Crippen LogP contribution in [0.2, 0.25) is 0 Å². The Morgan fingerprint density at radius 3 is 2.96 bits per heavy atom. The Bertz CT molecular complexity index is 587. The molecule has 0 radical (unpaired) electrons. The normalized spacial score (nSPS) is 25.4. The molecule has 0 unspecified atom stereocenters. The number of aromatic nitrogens is 1. The fourth-order valence-electron chi connectivity index (χ4n) is 3.20. The number of hydrogen-bond donors (Lipinski definition) is 3. The number of carbonyl (C=O) groups excluding carboxylic acids is 2. The van der Waals surface area contributed by atoms with Crippen LogP contribution < -0.4 is 10.6 Å². The van der Waals surface area contributed by atoms with Crippen molar-refractivity contribution in [1.29, 1.82) is 0 Å². The molecule has 0 aliphatic carbocycles. The average Bonchev–Trinajstić information content (AvgIpc) is 3.10. The molecule has 138 valence electrons. The van der Waals surface area contributed by atoms with Crippen molar-refractivity contribution in [2.45, 2.75) is 18.4 Å². The minimum atomic E-state index is -1.34. The Morgan fingerprint density at radius 1 is 1.44 bits per heavy atom. The maximum absolute atomic E-state index is 12.7. The third kappa shape index (κ3) is 4.56. The van der Waals surface area contributed by atoms with Gasteiger partial charge in [-0.2, -0.15) is 0 Å². The van der Waals surface area contributed by atoms with E-state index in [-0.39, 0.29) is 37.3 Å². The summed E-state index contributed by atoms with van der Waals surface area (Å²) in [5, 5.41) is 16.7. The molecule has 0 bridgehead atoms. The number of rotatable bonds is 4. The Balaban J connectivity index is 1.59. The fourth-order valence-corrected chi connectivity index (χ4v) is 3.20. The van der Waals surface area contributed by atoms with E-state index < -0.39 is 11.5 Å². The Kier molecular flexibility index (Phi) is 5.67. The van der Waals surface area contributed by atoms with Crippen molar-refractivity contribution in [3.63, 3.8) is 0 Å². The molecular formula is C16H24N4O5. The standard InChI is InChI=1S/C16H24N4O5/c21-14(13-7-18-11-25-13)19-8-16(23)9-20(5-6-24-10-16)15(22)12-1-3-17-4-2-12/h7,11-12,17,23H,1-6,8-10H2,(H,19,21)/t16-/m1/s1. The lowest BCUT2D eigenvalue weighted by Gasteiger charge is -2.33. The molecule has 0 spiro atoms. The Hall–Kier alpha value is -1.97. The molecule has 0 saturated carbocycles. The quantitative estimate of drug-likeness (QED) is 0.636. The van der Waals surface area contributed by atoms with Gasteiger partial charge in [0.05, 0.1) is 32.5 Å². The van der Waals surface area contributed by atoms with Crippen LogP contribution in [0.25, 0.3) is 0 Å². The van der Waals surface area contributed by atoms with Gasteiger partial charge in [0.1, 0.15) is 5.60 Å². The van der Waals surface area contributed by atoms with Crippen LogP contribution in [0.15, 0.2) is 17.0 Å². The van der Waals surface area contributed by atoms with Crippen LogP contribution in [0, 0.1) is 5.92 Å². The lowest BCUT2D eigenvalue weighted by atomic mass is 9.95. The first kappa shape index (κ1) is 17.8. The largest absolute Gasteiger partial charge is 0.438 e. The van der Waals surface area contributed by atoms with E-state index in [1.165, 1.54) is 6.20 Å². The molecular weight excluding hydrogens is 328 g/mol. The molecule has 9 heteroatoms. The van der Waals surface area contributed by atoms with E-state index >= 15 is 0 Å². The maximum atomic E-state index is 12.7. The second kappa shape index (κ2) is 7.94. The minimum absolute atomic E-state index is 0.0209. The van der Waals surface area contributed by atoms with Gasteiger partial charge in [-0.3, -0.25) is 9.59 Å². The second-order valence-corrected chi connectivity index (χ2v) is 6.61. The van der Waals surface area contributed by atoms with Crippen LogP contribution >= 0.6 is 0 Å². The number of β-amino-alcohol motifs (C(OH)–C–C–N with tert-alkyl or cyclic N) is 1. The zero-order valence-electron chi connectivity index (χ0n) is 14.1. The third-order valence-corrected chi connectivity index (χ3v) is 4.60. The second-order valence-electron chi connectivity index (χ2n) is 6.61. The number of ether oxygens (including phenoxy) is 1. The number of nitrogens with zero attached hydrogens (tertiary/aromatic N) is 2. The van der Waals surface area contributed by atoms with Gasteiger partial charge in [0.2, 0.25) is 11.7 Å². The predicted octanol–water partition coefficient (Wildman–Crippen LogP) is -1.01. The lowest BCUT2D eigenvalue weighted by Crippen LogP contribution is -2.54. The van der Waals surface area contributed by atoms with Crippen LogP contribution in [-0.4, -0.2) is 78.3 Å². The molecule has 2 aliphatic rings. The smallest absolute Gasteiger partial charge is 0.288 e. The Labute approximate surface area is 145 Å². The first-order valence-electron chi connectivity index (χ1n) is 8.54. The van der Waals surface area contributed by atoms with E-state index in [2.05, 4.69) is 15.6 Å². The fraction of sp³-hybridized carbons (Fsp3) is 0.688. The van der Waals surface area contributed by atoms with Crippen molar-refractivity contribution in [3.8, 4) is 0 Å². The van der Waals surface area contributed by atoms with E-state index in [1.807, 2.05) is 0 Å². The van der Waals surface area contributed by atoms with Gasteiger partial charge in [0.15, 0.2) is 6.39 Å². The van der Waals surface area contributed by atoms with E-state index in [0.717, 1.165) is 32.3 Å². The average molecular weight is 352 g/mol. The molecule has 3 N–H and O–H groups in total. The lowest BCUT2D eigenvalue weighted by molar-refractivity contribution is -0.139. The summed E-state index contributed by atoms with van der Waals surface area (Å²) in [7, 11) is 0. The summed E-state index contributed by atoms with van der Waals surface area (Å²) in [6.07, 6.45) is 4.07. The van der Waals surface area contributed by atoms with Crippen LogP contribution in [0.3, 0.4) is 0 Å². The molecule has 2 aliphatic heterocycles. The van der Waals surface area contributed by atoms with Crippen molar-refractivity contribution >= 4 is 11.8 Å². The highest BCUT2D eigenvalue weighted by molar-refractivity contribution is 5.91. The van der Waals surface area contributed by atoms with Crippen molar-refractivity contribution in [1.82, 2.24) is 20.5 Å². The monoisotopic (exact) mass is 352 g/mol. The summed E-state index contributed by atoms with van der Waals surface area (Å²) in [6, 6.07) is 0. The highest BCUT2D eigenvalue weighted by Crippen LogP contribution is 2.19. The van der Waals surface area contributed by atoms with Crippen LogP contribution in [-0.2, 0) is 9.53 Å². The number of amides is 2. The third-order valence-electron chi connectivity index (χ3n) is 4.60. The number of aliphatic hydroxyl groups is 1. The summed E-state index contributed by atoms with van der Waals surface area (Å²) in [6.45, 7) is 2.63. The first-order chi connectivity index (χ1) is 12.1. The summed E-state index contributed by atoms with van der Waals surface area (Å²) in [5.41, 5.74) is -1.34. The number of hydrogen-bond acceptors (Lipinski definition) is 7. The topological polar surface area (TPSA) is 117 Å². The summed E-state index contributed by atoms with van der Waals surface area (Å²) in [5.74, 6) is -0.369. The molecule has 1 atom stereocenters. The number of oxazole rings is 1. The summed E-state index contributed by atoms with van der Waals surface area (Å²) in [4.78, 5) is 30.0. The molecule has 0 aromatic carbocycles. The number of piperidine rings is 1.